The molecule has 160 valence electrons. The summed E-state index contributed by atoms with van der Waals surface area (Å²) in [5, 5.41) is 3.52. The van der Waals surface area contributed by atoms with Crippen LogP contribution in [0.2, 0.25) is 0 Å². The normalized spacial score (nSPS) is 15.2. The van der Waals surface area contributed by atoms with Crippen molar-refractivity contribution in [3.05, 3.63) is 95.9 Å². The molecule has 1 aliphatic heterocycles. The van der Waals surface area contributed by atoms with E-state index in [9.17, 15) is 0 Å². The van der Waals surface area contributed by atoms with Crippen LogP contribution in [-0.2, 0) is 13.0 Å². The van der Waals surface area contributed by atoms with Crippen molar-refractivity contribution < 1.29 is 0 Å². The minimum atomic E-state index is 0. The van der Waals surface area contributed by atoms with Crippen LogP contribution in [0.1, 0.15) is 16.7 Å². The fraction of sp³-hybridized carbons (Fsp3) is 0.154. The van der Waals surface area contributed by atoms with Gasteiger partial charge in [0.1, 0.15) is 0 Å². The fourth-order valence-electron chi connectivity index (χ4n) is 3.93. The first kappa shape index (κ1) is 21.8. The van der Waals surface area contributed by atoms with E-state index in [4.69, 9.17) is 4.98 Å². The molecule has 2 aromatic heterocycles. The van der Waals surface area contributed by atoms with Gasteiger partial charge in [-0.2, -0.15) is 0 Å². The van der Waals surface area contributed by atoms with Crippen molar-refractivity contribution in [1.82, 2.24) is 20.3 Å². The van der Waals surface area contributed by atoms with E-state index in [2.05, 4.69) is 75.7 Å². The molecule has 0 fully saturated rings. The maximum Gasteiger partial charge on any atom is 0.249 e. The molecular weight excluding hydrogens is 418 g/mol. The van der Waals surface area contributed by atoms with Gasteiger partial charge in [0.15, 0.2) is 0 Å². The van der Waals surface area contributed by atoms with E-state index in [0.717, 1.165) is 35.3 Å². The van der Waals surface area contributed by atoms with Crippen molar-refractivity contribution in [1.29, 1.82) is 0 Å². The Morgan fingerprint density at radius 1 is 0.969 bits per heavy atom. The topological polar surface area (TPSA) is 63.1 Å². The van der Waals surface area contributed by atoms with Crippen molar-refractivity contribution >= 4 is 24.6 Å². The summed E-state index contributed by atoms with van der Waals surface area (Å²) in [5.74, 6) is 0.462. The Labute approximate surface area is 194 Å². The molecule has 4 aromatic rings. The maximum atomic E-state index is 4.81. The molecule has 1 atom stereocenters. The number of rotatable bonds is 4. The van der Waals surface area contributed by atoms with Crippen molar-refractivity contribution in [3.63, 3.8) is 0 Å². The number of hydrogen-bond donors (Lipinski definition) is 1. The Balaban J connectivity index is 0.00000245. The highest BCUT2D eigenvalue weighted by Gasteiger charge is 2.16. The third-order valence-electron chi connectivity index (χ3n) is 5.54. The van der Waals surface area contributed by atoms with Gasteiger partial charge < -0.3 is 5.32 Å². The lowest BCUT2D eigenvalue weighted by molar-refractivity contribution is 0.584. The van der Waals surface area contributed by atoms with Gasteiger partial charge in [-0.25, -0.2) is 15.0 Å². The second-order valence-electron chi connectivity index (χ2n) is 7.78. The SMILES string of the molecule is Cc1cccc(-c2cnc(N=C[C@@H]3Cc4ccccc4CN3)nc2-c2ccncc2)c1.Cl. The molecular formula is C26H24ClN5. The number of halogens is 1. The molecule has 6 heteroatoms. The Morgan fingerprint density at radius 3 is 2.59 bits per heavy atom. The molecule has 0 bridgehead atoms. The van der Waals surface area contributed by atoms with Crippen molar-refractivity contribution in [3.8, 4) is 22.4 Å². The first-order chi connectivity index (χ1) is 15.3. The summed E-state index contributed by atoms with van der Waals surface area (Å²) in [6.45, 7) is 2.94. The predicted molar refractivity (Wildman–Crippen MR) is 132 cm³/mol. The van der Waals surface area contributed by atoms with Crippen LogP contribution >= 0.6 is 12.4 Å². The third kappa shape index (κ3) is 4.74. The Kier molecular flexibility index (Phi) is 6.69. The van der Waals surface area contributed by atoms with Gasteiger partial charge in [-0.15, -0.1) is 12.4 Å². The fourth-order valence-corrected chi connectivity index (χ4v) is 3.93. The molecule has 5 rings (SSSR count). The zero-order chi connectivity index (χ0) is 21.0. The average molecular weight is 442 g/mol. The largest absolute Gasteiger partial charge is 0.305 e. The van der Waals surface area contributed by atoms with Gasteiger partial charge in [0.2, 0.25) is 5.95 Å². The monoisotopic (exact) mass is 441 g/mol. The van der Waals surface area contributed by atoms with E-state index >= 15 is 0 Å². The second kappa shape index (κ2) is 9.81. The summed E-state index contributed by atoms with van der Waals surface area (Å²) >= 11 is 0. The van der Waals surface area contributed by atoms with Crippen LogP contribution in [0, 0.1) is 6.92 Å². The van der Waals surface area contributed by atoms with Gasteiger partial charge in [-0.1, -0.05) is 54.1 Å². The average Bonchev–Trinajstić information content (AvgIpc) is 2.83. The van der Waals surface area contributed by atoms with Crippen LogP contribution in [0.5, 0.6) is 0 Å². The molecule has 0 radical (unpaired) electrons. The highest BCUT2D eigenvalue weighted by atomic mass is 35.5. The minimum absolute atomic E-state index is 0. The molecule has 1 N–H and O–H groups in total. The van der Waals surface area contributed by atoms with Crippen molar-refractivity contribution in [2.75, 3.05) is 0 Å². The number of pyridine rings is 1. The summed E-state index contributed by atoms with van der Waals surface area (Å²) in [4.78, 5) is 18.1. The number of fused-ring (bicyclic) bond motifs is 1. The number of benzene rings is 2. The molecule has 2 aromatic carbocycles. The molecule has 0 unspecified atom stereocenters. The smallest absolute Gasteiger partial charge is 0.249 e. The lowest BCUT2D eigenvalue weighted by Gasteiger charge is -2.23. The van der Waals surface area contributed by atoms with Crippen LogP contribution < -0.4 is 5.32 Å². The zero-order valence-electron chi connectivity index (χ0n) is 17.8. The highest BCUT2D eigenvalue weighted by Crippen LogP contribution is 2.31. The van der Waals surface area contributed by atoms with Gasteiger partial charge in [0, 0.05) is 48.5 Å². The van der Waals surface area contributed by atoms with Crippen LogP contribution in [0.3, 0.4) is 0 Å². The van der Waals surface area contributed by atoms with Crippen molar-refractivity contribution in [2.24, 2.45) is 4.99 Å². The van der Waals surface area contributed by atoms with Crippen LogP contribution in [-0.4, -0.2) is 27.2 Å². The van der Waals surface area contributed by atoms with Gasteiger partial charge in [0.25, 0.3) is 0 Å². The first-order valence-corrected chi connectivity index (χ1v) is 10.4. The molecule has 3 heterocycles. The van der Waals surface area contributed by atoms with Crippen LogP contribution in [0.4, 0.5) is 5.95 Å². The lowest BCUT2D eigenvalue weighted by atomic mass is 9.96. The summed E-state index contributed by atoms with van der Waals surface area (Å²) < 4.78 is 0. The van der Waals surface area contributed by atoms with E-state index in [0.29, 0.717) is 5.95 Å². The molecule has 0 saturated carbocycles. The van der Waals surface area contributed by atoms with E-state index in [1.54, 1.807) is 12.4 Å². The number of aromatic nitrogens is 3. The summed E-state index contributed by atoms with van der Waals surface area (Å²) in [6.07, 6.45) is 8.27. The van der Waals surface area contributed by atoms with Gasteiger partial charge in [-0.3, -0.25) is 4.98 Å². The first-order valence-electron chi connectivity index (χ1n) is 10.4. The van der Waals surface area contributed by atoms with E-state index in [1.807, 2.05) is 24.5 Å². The molecule has 0 aliphatic carbocycles. The molecule has 5 nitrogen and oxygen atoms in total. The molecule has 0 spiro atoms. The molecule has 32 heavy (non-hydrogen) atoms. The van der Waals surface area contributed by atoms with Crippen LogP contribution in [0.25, 0.3) is 22.4 Å². The van der Waals surface area contributed by atoms with Gasteiger partial charge >= 0.3 is 0 Å². The van der Waals surface area contributed by atoms with E-state index in [1.165, 1.54) is 16.7 Å². The van der Waals surface area contributed by atoms with Crippen LogP contribution in [0.15, 0.2) is 84.2 Å². The minimum Gasteiger partial charge on any atom is -0.305 e. The Bertz CT molecular complexity index is 1240. The van der Waals surface area contributed by atoms with Gasteiger partial charge in [-0.05, 0) is 42.2 Å². The molecule has 0 amide bonds. The summed E-state index contributed by atoms with van der Waals surface area (Å²) in [5.41, 5.74) is 7.85. The van der Waals surface area contributed by atoms with E-state index in [-0.39, 0.29) is 18.4 Å². The predicted octanol–water partition coefficient (Wildman–Crippen LogP) is 5.35. The second-order valence-corrected chi connectivity index (χ2v) is 7.78. The van der Waals surface area contributed by atoms with Crippen molar-refractivity contribution in [2.45, 2.75) is 25.9 Å². The number of nitrogens with one attached hydrogen (secondary N) is 1. The highest BCUT2D eigenvalue weighted by molar-refractivity contribution is 5.85. The lowest BCUT2D eigenvalue weighted by Crippen LogP contribution is -2.36. The van der Waals surface area contributed by atoms with E-state index < -0.39 is 0 Å². The Hall–Kier alpha value is -3.41. The number of nitrogens with zero attached hydrogens (tertiary/aromatic N) is 4. The third-order valence-corrected chi connectivity index (χ3v) is 5.54. The number of hydrogen-bond acceptors (Lipinski definition) is 5. The standard InChI is InChI=1S/C26H23N5.ClH/c1-18-5-4-8-21(13-18)24-17-30-26(31-25(24)19-9-11-27-12-10-19)29-16-23-14-20-6-2-3-7-22(20)15-28-23;/h2-13,16-17,23,28H,14-15H2,1H3;1H/t23-;/m0./s1. The summed E-state index contributed by atoms with van der Waals surface area (Å²) in [6, 6.07) is 21.0. The molecule has 0 saturated heterocycles. The van der Waals surface area contributed by atoms with Gasteiger partial charge in [0.05, 0.1) is 5.69 Å². The summed E-state index contributed by atoms with van der Waals surface area (Å²) in [7, 11) is 0. The maximum absolute atomic E-state index is 4.81. The quantitative estimate of drug-likeness (QED) is 0.433. The number of aliphatic imine (C=N–C) groups is 1. The zero-order valence-corrected chi connectivity index (χ0v) is 18.6. The molecule has 1 aliphatic rings. The number of aryl methyl sites for hydroxylation is 1. The Morgan fingerprint density at radius 2 is 1.78 bits per heavy atom.